The molecule has 2 N–H and O–H groups in total. The normalized spacial score (nSPS) is 15.6. The standard InChI is InChI=1S/C14H18N4O2/c1-10-17-12-3-2-11(8-13(12)20-10)9-16-14(19)18-6-4-15-5-7-18/h2-3,8,15H,4-7,9H2,1H3,(H,16,19). The number of oxazole rings is 1. The van der Waals surface area contributed by atoms with E-state index in [0.29, 0.717) is 12.4 Å². The topological polar surface area (TPSA) is 70.4 Å². The van der Waals surface area contributed by atoms with Crippen molar-refractivity contribution < 1.29 is 9.21 Å². The first kappa shape index (κ1) is 12.9. The number of aromatic nitrogens is 1. The second-order valence-corrected chi connectivity index (χ2v) is 4.93. The molecule has 1 aliphatic rings. The lowest BCUT2D eigenvalue weighted by molar-refractivity contribution is 0.190. The maximum absolute atomic E-state index is 12.0. The van der Waals surface area contributed by atoms with E-state index in [-0.39, 0.29) is 6.03 Å². The molecular weight excluding hydrogens is 256 g/mol. The minimum absolute atomic E-state index is 0.0136. The molecule has 106 valence electrons. The smallest absolute Gasteiger partial charge is 0.317 e. The second kappa shape index (κ2) is 5.50. The number of hydrogen-bond donors (Lipinski definition) is 2. The number of rotatable bonds is 2. The zero-order valence-electron chi connectivity index (χ0n) is 11.5. The van der Waals surface area contributed by atoms with Crippen molar-refractivity contribution in [3.63, 3.8) is 0 Å². The van der Waals surface area contributed by atoms with E-state index in [1.165, 1.54) is 0 Å². The van der Waals surface area contributed by atoms with Crippen molar-refractivity contribution in [2.24, 2.45) is 0 Å². The number of aryl methyl sites for hydroxylation is 1. The summed E-state index contributed by atoms with van der Waals surface area (Å²) >= 11 is 0. The van der Waals surface area contributed by atoms with E-state index in [9.17, 15) is 4.79 Å². The molecule has 0 atom stereocenters. The number of benzene rings is 1. The highest BCUT2D eigenvalue weighted by Gasteiger charge is 2.15. The molecule has 20 heavy (non-hydrogen) atoms. The van der Waals surface area contributed by atoms with Gasteiger partial charge in [0.2, 0.25) is 0 Å². The second-order valence-electron chi connectivity index (χ2n) is 4.93. The third-order valence-electron chi connectivity index (χ3n) is 3.41. The van der Waals surface area contributed by atoms with Gasteiger partial charge in [0.05, 0.1) is 0 Å². The van der Waals surface area contributed by atoms with Crippen LogP contribution >= 0.6 is 0 Å². The number of fused-ring (bicyclic) bond motifs is 1. The van der Waals surface area contributed by atoms with Crippen LogP contribution in [-0.4, -0.2) is 42.1 Å². The highest BCUT2D eigenvalue weighted by Crippen LogP contribution is 2.16. The maximum atomic E-state index is 12.0. The summed E-state index contributed by atoms with van der Waals surface area (Å²) in [6.07, 6.45) is 0. The first-order valence-corrected chi connectivity index (χ1v) is 6.82. The first-order chi connectivity index (χ1) is 9.72. The monoisotopic (exact) mass is 274 g/mol. The Morgan fingerprint density at radius 1 is 1.45 bits per heavy atom. The Morgan fingerprint density at radius 2 is 2.25 bits per heavy atom. The lowest BCUT2D eigenvalue weighted by atomic mass is 10.2. The summed E-state index contributed by atoms with van der Waals surface area (Å²) in [4.78, 5) is 18.1. The summed E-state index contributed by atoms with van der Waals surface area (Å²) in [6.45, 7) is 5.55. The first-order valence-electron chi connectivity index (χ1n) is 6.82. The molecule has 6 heteroatoms. The van der Waals surface area contributed by atoms with Crippen LogP contribution in [0.3, 0.4) is 0 Å². The molecule has 1 aromatic heterocycles. The van der Waals surface area contributed by atoms with Crippen LogP contribution in [0.25, 0.3) is 11.1 Å². The SMILES string of the molecule is Cc1nc2ccc(CNC(=O)N3CCNCC3)cc2o1. The molecule has 1 aromatic carbocycles. The van der Waals surface area contributed by atoms with E-state index in [1.807, 2.05) is 30.0 Å². The lowest BCUT2D eigenvalue weighted by Gasteiger charge is -2.27. The lowest BCUT2D eigenvalue weighted by Crippen LogP contribution is -2.50. The zero-order chi connectivity index (χ0) is 13.9. The van der Waals surface area contributed by atoms with Gasteiger partial charge in [-0.05, 0) is 17.7 Å². The quantitative estimate of drug-likeness (QED) is 0.864. The summed E-state index contributed by atoms with van der Waals surface area (Å²) in [5.74, 6) is 0.655. The predicted molar refractivity (Wildman–Crippen MR) is 75.4 cm³/mol. The molecule has 0 bridgehead atoms. The Kier molecular flexibility index (Phi) is 3.56. The summed E-state index contributed by atoms with van der Waals surface area (Å²) in [5.41, 5.74) is 2.62. The zero-order valence-corrected chi connectivity index (χ0v) is 11.5. The fraction of sp³-hybridized carbons (Fsp3) is 0.429. The molecule has 3 rings (SSSR count). The molecule has 0 spiro atoms. The van der Waals surface area contributed by atoms with Gasteiger partial charge in [-0.15, -0.1) is 0 Å². The van der Waals surface area contributed by atoms with Crippen molar-refractivity contribution in [1.29, 1.82) is 0 Å². The van der Waals surface area contributed by atoms with E-state index in [2.05, 4.69) is 15.6 Å². The van der Waals surface area contributed by atoms with E-state index in [0.717, 1.165) is 42.8 Å². The van der Waals surface area contributed by atoms with E-state index in [4.69, 9.17) is 4.42 Å². The van der Waals surface area contributed by atoms with Gasteiger partial charge >= 0.3 is 6.03 Å². The van der Waals surface area contributed by atoms with Gasteiger partial charge in [0, 0.05) is 39.6 Å². The minimum Gasteiger partial charge on any atom is -0.441 e. The fourth-order valence-corrected chi connectivity index (χ4v) is 2.35. The van der Waals surface area contributed by atoms with Gasteiger partial charge in [-0.2, -0.15) is 0 Å². The summed E-state index contributed by atoms with van der Waals surface area (Å²) < 4.78 is 5.49. The summed E-state index contributed by atoms with van der Waals surface area (Å²) in [6, 6.07) is 5.79. The molecule has 0 unspecified atom stereocenters. The van der Waals surface area contributed by atoms with Gasteiger partial charge in [-0.1, -0.05) is 6.07 Å². The molecule has 2 heterocycles. The van der Waals surface area contributed by atoms with Crippen LogP contribution in [-0.2, 0) is 6.54 Å². The van der Waals surface area contributed by atoms with Crippen molar-refractivity contribution in [3.05, 3.63) is 29.7 Å². The third-order valence-corrected chi connectivity index (χ3v) is 3.41. The van der Waals surface area contributed by atoms with Crippen molar-refractivity contribution >= 4 is 17.1 Å². The van der Waals surface area contributed by atoms with E-state index < -0.39 is 0 Å². The van der Waals surface area contributed by atoms with Crippen LogP contribution in [0.1, 0.15) is 11.5 Å². The summed E-state index contributed by atoms with van der Waals surface area (Å²) in [7, 11) is 0. The average molecular weight is 274 g/mol. The molecule has 0 radical (unpaired) electrons. The van der Waals surface area contributed by atoms with Crippen LogP contribution in [0, 0.1) is 6.92 Å². The molecule has 0 saturated carbocycles. The van der Waals surface area contributed by atoms with E-state index in [1.54, 1.807) is 0 Å². The third kappa shape index (κ3) is 2.75. The van der Waals surface area contributed by atoms with Crippen molar-refractivity contribution in [2.45, 2.75) is 13.5 Å². The molecule has 2 amide bonds. The van der Waals surface area contributed by atoms with Crippen molar-refractivity contribution in [3.8, 4) is 0 Å². The molecule has 0 aliphatic carbocycles. The average Bonchev–Trinajstić information content (AvgIpc) is 2.85. The molecule has 1 fully saturated rings. The number of nitrogens with one attached hydrogen (secondary N) is 2. The number of carbonyl (C=O) groups is 1. The van der Waals surface area contributed by atoms with Gasteiger partial charge in [-0.25, -0.2) is 9.78 Å². The number of hydrogen-bond acceptors (Lipinski definition) is 4. The number of urea groups is 1. The predicted octanol–water partition coefficient (Wildman–Crippen LogP) is 1.25. The number of nitrogens with zero attached hydrogens (tertiary/aromatic N) is 2. The molecule has 2 aromatic rings. The van der Waals surface area contributed by atoms with Crippen LogP contribution in [0.15, 0.2) is 22.6 Å². The van der Waals surface area contributed by atoms with Crippen LogP contribution in [0.5, 0.6) is 0 Å². The van der Waals surface area contributed by atoms with Gasteiger partial charge in [-0.3, -0.25) is 0 Å². The van der Waals surface area contributed by atoms with Crippen molar-refractivity contribution in [2.75, 3.05) is 26.2 Å². The largest absolute Gasteiger partial charge is 0.441 e. The van der Waals surface area contributed by atoms with E-state index >= 15 is 0 Å². The fourth-order valence-electron chi connectivity index (χ4n) is 2.35. The van der Waals surface area contributed by atoms with Crippen LogP contribution in [0.2, 0.25) is 0 Å². The molecule has 6 nitrogen and oxygen atoms in total. The maximum Gasteiger partial charge on any atom is 0.317 e. The molecular formula is C14H18N4O2. The Labute approximate surface area is 117 Å². The van der Waals surface area contributed by atoms with Crippen LogP contribution in [0.4, 0.5) is 4.79 Å². The van der Waals surface area contributed by atoms with Gasteiger partial charge in [0.15, 0.2) is 11.5 Å². The number of piperazine rings is 1. The van der Waals surface area contributed by atoms with Gasteiger partial charge < -0.3 is 20.0 Å². The summed E-state index contributed by atoms with van der Waals surface area (Å²) in [5, 5.41) is 6.16. The van der Waals surface area contributed by atoms with Gasteiger partial charge in [0.1, 0.15) is 5.52 Å². The van der Waals surface area contributed by atoms with Gasteiger partial charge in [0.25, 0.3) is 0 Å². The Hall–Kier alpha value is -2.08. The highest BCUT2D eigenvalue weighted by atomic mass is 16.3. The molecule has 1 aliphatic heterocycles. The Balaban J connectivity index is 1.62. The highest BCUT2D eigenvalue weighted by molar-refractivity contribution is 5.75. The number of amides is 2. The minimum atomic E-state index is -0.0136. The van der Waals surface area contributed by atoms with Crippen LogP contribution < -0.4 is 10.6 Å². The Bertz CT molecular complexity index is 617. The number of carbonyl (C=O) groups excluding carboxylic acids is 1. The van der Waals surface area contributed by atoms with Crippen molar-refractivity contribution in [1.82, 2.24) is 20.5 Å². The Morgan fingerprint density at radius 3 is 3.05 bits per heavy atom. The molecule has 1 saturated heterocycles.